The highest BCUT2D eigenvalue weighted by Crippen LogP contribution is 2.26. The molecule has 36 heavy (non-hydrogen) atoms. The summed E-state index contributed by atoms with van der Waals surface area (Å²) in [6.07, 6.45) is 0. The van der Waals surface area contributed by atoms with Crippen molar-refractivity contribution in [1.82, 2.24) is 9.78 Å². The number of aromatic amines is 1. The fourth-order valence-electron chi connectivity index (χ4n) is 3.60. The molecular weight excluding hydrogens is 486 g/mol. The zero-order chi connectivity index (χ0) is 26.0. The molecule has 0 saturated carbocycles. The monoisotopic (exact) mass is 507 g/mol. The van der Waals surface area contributed by atoms with E-state index in [2.05, 4.69) is 10.1 Å². The Morgan fingerprint density at radius 1 is 1.03 bits per heavy atom. The molecule has 0 atom stereocenters. The summed E-state index contributed by atoms with van der Waals surface area (Å²) in [5.74, 6) is 0.637. The maximum atomic E-state index is 13.5. The van der Waals surface area contributed by atoms with Gasteiger partial charge in [0.25, 0.3) is 11.2 Å². The van der Waals surface area contributed by atoms with E-state index in [1.807, 2.05) is 0 Å². The SMILES string of the molecule is COc1ccc(-c2[nH]n(-c3ccc([N+](=O)[O-])cc3)c(=O)c2C(C)=Nc2ccc(S(N)(=O)=O)cc2)cc1. The molecule has 0 spiro atoms. The van der Waals surface area contributed by atoms with Gasteiger partial charge in [-0.25, -0.2) is 18.2 Å². The van der Waals surface area contributed by atoms with Crippen LogP contribution in [0.25, 0.3) is 16.9 Å². The number of aliphatic imine (C=N–C) groups is 1. The molecule has 4 aromatic rings. The largest absolute Gasteiger partial charge is 0.497 e. The van der Waals surface area contributed by atoms with Crippen molar-refractivity contribution in [3.63, 3.8) is 0 Å². The number of H-pyrrole nitrogens is 1. The zero-order valence-electron chi connectivity index (χ0n) is 19.2. The van der Waals surface area contributed by atoms with Gasteiger partial charge in [-0.2, -0.15) is 0 Å². The van der Waals surface area contributed by atoms with E-state index in [1.54, 1.807) is 38.3 Å². The van der Waals surface area contributed by atoms with Gasteiger partial charge in [0.2, 0.25) is 10.0 Å². The number of nitrogens with two attached hydrogens (primary N) is 1. The number of nitrogens with one attached hydrogen (secondary N) is 1. The molecule has 0 aliphatic heterocycles. The summed E-state index contributed by atoms with van der Waals surface area (Å²) in [5, 5.41) is 19.2. The number of non-ortho nitro benzene ring substituents is 1. The van der Waals surface area contributed by atoms with E-state index >= 15 is 0 Å². The van der Waals surface area contributed by atoms with Crippen LogP contribution in [0.15, 0.2) is 87.5 Å². The number of aromatic nitrogens is 2. The van der Waals surface area contributed by atoms with Gasteiger partial charge in [-0.3, -0.25) is 25.0 Å². The minimum absolute atomic E-state index is 0.0554. The summed E-state index contributed by atoms with van der Waals surface area (Å²) < 4.78 is 29.5. The van der Waals surface area contributed by atoms with Crippen LogP contribution in [0.2, 0.25) is 0 Å². The number of rotatable bonds is 7. The maximum Gasteiger partial charge on any atom is 0.280 e. The summed E-state index contributed by atoms with van der Waals surface area (Å²) in [6.45, 7) is 1.66. The molecular formula is C24H21N5O6S. The first-order chi connectivity index (χ1) is 17.1. The topological polar surface area (TPSA) is 163 Å². The second kappa shape index (κ2) is 9.60. The van der Waals surface area contributed by atoms with Crippen LogP contribution in [0.1, 0.15) is 12.5 Å². The molecule has 0 amide bonds. The van der Waals surface area contributed by atoms with E-state index in [-0.39, 0.29) is 16.1 Å². The minimum Gasteiger partial charge on any atom is -0.497 e. The van der Waals surface area contributed by atoms with Crippen molar-refractivity contribution in [2.24, 2.45) is 10.1 Å². The molecule has 0 radical (unpaired) electrons. The molecule has 1 aromatic heterocycles. The highest BCUT2D eigenvalue weighted by Gasteiger charge is 2.20. The van der Waals surface area contributed by atoms with E-state index < -0.39 is 20.5 Å². The lowest BCUT2D eigenvalue weighted by atomic mass is 10.0. The second-order valence-electron chi connectivity index (χ2n) is 7.74. The smallest absolute Gasteiger partial charge is 0.280 e. The fraction of sp³-hybridized carbons (Fsp3) is 0.0833. The average Bonchev–Trinajstić information content (AvgIpc) is 3.21. The van der Waals surface area contributed by atoms with E-state index in [4.69, 9.17) is 9.88 Å². The molecule has 3 aromatic carbocycles. The quantitative estimate of drug-likeness (QED) is 0.221. The van der Waals surface area contributed by atoms with Gasteiger partial charge in [-0.15, -0.1) is 0 Å². The first-order valence-electron chi connectivity index (χ1n) is 10.5. The van der Waals surface area contributed by atoms with Crippen molar-refractivity contribution in [2.45, 2.75) is 11.8 Å². The van der Waals surface area contributed by atoms with Gasteiger partial charge in [-0.05, 0) is 67.6 Å². The van der Waals surface area contributed by atoms with Crippen LogP contribution < -0.4 is 15.4 Å². The van der Waals surface area contributed by atoms with Crippen LogP contribution >= 0.6 is 0 Å². The number of nitrogens with zero attached hydrogens (tertiary/aromatic N) is 3. The molecule has 3 N–H and O–H groups in total. The van der Waals surface area contributed by atoms with Gasteiger partial charge in [-0.1, -0.05) is 0 Å². The number of methoxy groups -OCH3 is 1. The van der Waals surface area contributed by atoms with Crippen LogP contribution in [-0.4, -0.2) is 35.9 Å². The lowest BCUT2D eigenvalue weighted by molar-refractivity contribution is -0.384. The van der Waals surface area contributed by atoms with Crippen molar-refractivity contribution in [2.75, 3.05) is 7.11 Å². The molecule has 0 bridgehead atoms. The van der Waals surface area contributed by atoms with Crippen molar-refractivity contribution >= 4 is 27.1 Å². The number of nitro benzene ring substituents is 1. The average molecular weight is 508 g/mol. The summed E-state index contributed by atoms with van der Waals surface area (Å²) >= 11 is 0. The Morgan fingerprint density at radius 3 is 2.17 bits per heavy atom. The molecule has 4 rings (SSSR count). The van der Waals surface area contributed by atoms with Crippen LogP contribution in [-0.2, 0) is 10.0 Å². The Balaban J connectivity index is 1.85. The molecule has 11 nitrogen and oxygen atoms in total. The summed E-state index contributed by atoms with van der Waals surface area (Å²) in [4.78, 5) is 28.5. The van der Waals surface area contributed by atoms with Crippen molar-refractivity contribution in [1.29, 1.82) is 0 Å². The lowest BCUT2D eigenvalue weighted by Gasteiger charge is -2.05. The highest BCUT2D eigenvalue weighted by atomic mass is 32.2. The molecule has 0 fully saturated rings. The first kappa shape index (κ1) is 24.6. The summed E-state index contributed by atoms with van der Waals surface area (Å²) in [6, 6.07) is 18.2. The second-order valence-corrected chi connectivity index (χ2v) is 9.30. The Hall–Kier alpha value is -4.55. The van der Waals surface area contributed by atoms with Gasteiger partial charge in [0.05, 0.1) is 45.3 Å². The fourth-order valence-corrected chi connectivity index (χ4v) is 4.12. The number of primary sulfonamides is 1. The van der Waals surface area contributed by atoms with Crippen molar-refractivity contribution < 1.29 is 18.1 Å². The predicted octanol–water partition coefficient (Wildman–Crippen LogP) is 3.54. The molecule has 184 valence electrons. The Kier molecular flexibility index (Phi) is 6.55. The van der Waals surface area contributed by atoms with E-state index in [0.717, 1.165) is 0 Å². The van der Waals surface area contributed by atoms with E-state index in [1.165, 1.54) is 53.2 Å². The number of ether oxygens (including phenoxy) is 1. The third-order valence-electron chi connectivity index (χ3n) is 5.41. The van der Waals surface area contributed by atoms with E-state index in [0.29, 0.717) is 34.1 Å². The normalized spacial score (nSPS) is 11.9. The van der Waals surface area contributed by atoms with Crippen LogP contribution in [0.3, 0.4) is 0 Å². The molecule has 0 aliphatic carbocycles. The number of hydrogen-bond donors (Lipinski definition) is 2. The van der Waals surface area contributed by atoms with Gasteiger partial charge in [0.15, 0.2) is 0 Å². The third kappa shape index (κ3) is 4.94. The first-order valence-corrected chi connectivity index (χ1v) is 12.1. The third-order valence-corrected chi connectivity index (χ3v) is 6.34. The number of hydrogen-bond acceptors (Lipinski definition) is 7. The van der Waals surface area contributed by atoms with Crippen molar-refractivity contribution in [3.8, 4) is 22.7 Å². The highest BCUT2D eigenvalue weighted by molar-refractivity contribution is 7.89. The standard InChI is InChI=1S/C24H21N5O6S/c1-15(26-17-5-13-21(14-6-17)36(25,33)34)22-23(16-3-11-20(35-2)12-4-16)27-28(24(22)30)18-7-9-19(10-8-18)29(31)32/h3-14,27H,1-2H3,(H2,25,33,34). The minimum atomic E-state index is -3.85. The maximum absolute atomic E-state index is 13.5. The number of nitro groups is 1. The Morgan fingerprint density at radius 2 is 1.64 bits per heavy atom. The lowest BCUT2D eigenvalue weighted by Crippen LogP contribution is -2.19. The molecule has 0 saturated heterocycles. The summed E-state index contributed by atoms with van der Waals surface area (Å²) in [7, 11) is -2.30. The predicted molar refractivity (Wildman–Crippen MR) is 135 cm³/mol. The Labute approximate surface area is 205 Å². The van der Waals surface area contributed by atoms with Crippen LogP contribution in [0, 0.1) is 10.1 Å². The van der Waals surface area contributed by atoms with Gasteiger partial charge in [0, 0.05) is 17.7 Å². The molecule has 0 aliphatic rings. The van der Waals surface area contributed by atoms with Gasteiger partial charge < -0.3 is 4.74 Å². The van der Waals surface area contributed by atoms with Crippen LogP contribution in [0.4, 0.5) is 11.4 Å². The van der Waals surface area contributed by atoms with Crippen molar-refractivity contribution in [3.05, 3.63) is 98.8 Å². The van der Waals surface area contributed by atoms with E-state index in [9.17, 15) is 23.3 Å². The van der Waals surface area contributed by atoms with Crippen LogP contribution in [0.5, 0.6) is 5.75 Å². The summed E-state index contributed by atoms with van der Waals surface area (Å²) in [5.41, 5.74) is 2.10. The zero-order valence-corrected chi connectivity index (χ0v) is 20.0. The Bertz CT molecular complexity index is 1620. The van der Waals surface area contributed by atoms with Gasteiger partial charge in [0.1, 0.15) is 5.75 Å². The molecule has 12 heteroatoms. The molecule has 1 heterocycles. The number of benzene rings is 3. The number of sulfonamides is 1. The molecule has 0 unspecified atom stereocenters. The van der Waals surface area contributed by atoms with Gasteiger partial charge >= 0.3 is 0 Å².